The number of nitrogens with one attached hydrogen (secondary N) is 1. The van der Waals surface area contributed by atoms with Gasteiger partial charge in [0.2, 0.25) is 0 Å². The Kier molecular flexibility index (Phi) is 3.93. The molecule has 0 bridgehead atoms. The molecule has 0 saturated heterocycles. The molecule has 2 heterocycles. The molecular weight excluding hydrogens is 228 g/mol. The van der Waals surface area contributed by atoms with Gasteiger partial charge in [-0.05, 0) is 13.3 Å². The van der Waals surface area contributed by atoms with E-state index in [4.69, 9.17) is 0 Å². The lowest BCUT2D eigenvalue weighted by atomic mass is 9.97. The minimum Gasteiger partial charge on any atom is -0.394 e. The fourth-order valence-electron chi connectivity index (χ4n) is 2.10. The number of imidazole rings is 1. The summed E-state index contributed by atoms with van der Waals surface area (Å²) in [5.74, 6) is 0. The Balaban J connectivity index is 2.10. The van der Waals surface area contributed by atoms with Crippen LogP contribution in [0.5, 0.6) is 0 Å². The summed E-state index contributed by atoms with van der Waals surface area (Å²) in [5.41, 5.74) is 1.69. The molecule has 98 valence electrons. The molecule has 0 aromatic carbocycles. The minimum absolute atomic E-state index is 0.138. The van der Waals surface area contributed by atoms with Crippen LogP contribution in [0.2, 0.25) is 0 Å². The third-order valence-electron chi connectivity index (χ3n) is 3.24. The van der Waals surface area contributed by atoms with Crippen LogP contribution in [0.4, 0.5) is 0 Å². The van der Waals surface area contributed by atoms with Crippen molar-refractivity contribution in [2.45, 2.75) is 38.8 Å². The summed E-state index contributed by atoms with van der Waals surface area (Å²) in [6.07, 6.45) is 9.21. The van der Waals surface area contributed by atoms with Crippen molar-refractivity contribution in [2.24, 2.45) is 0 Å². The number of aromatic nitrogens is 3. The van der Waals surface area contributed by atoms with E-state index in [1.807, 2.05) is 23.7 Å². The van der Waals surface area contributed by atoms with Crippen molar-refractivity contribution >= 4 is 5.65 Å². The predicted octanol–water partition coefficient (Wildman–Crippen LogP) is 1.37. The monoisotopic (exact) mass is 248 g/mol. The normalized spacial score (nSPS) is 14.8. The van der Waals surface area contributed by atoms with E-state index >= 15 is 0 Å². The molecule has 0 saturated carbocycles. The smallest absolute Gasteiger partial charge is 0.155 e. The van der Waals surface area contributed by atoms with Crippen LogP contribution in [0.1, 0.15) is 32.4 Å². The maximum Gasteiger partial charge on any atom is 0.155 e. The molecule has 0 fully saturated rings. The summed E-state index contributed by atoms with van der Waals surface area (Å²) in [7, 11) is 0. The highest BCUT2D eigenvalue weighted by Crippen LogP contribution is 2.13. The average molecular weight is 248 g/mol. The van der Waals surface area contributed by atoms with Crippen LogP contribution in [-0.4, -0.2) is 31.6 Å². The summed E-state index contributed by atoms with van der Waals surface area (Å²) >= 11 is 0. The van der Waals surface area contributed by atoms with Gasteiger partial charge >= 0.3 is 0 Å². The molecule has 2 N–H and O–H groups in total. The second-order valence-electron chi connectivity index (χ2n) is 4.88. The lowest BCUT2D eigenvalue weighted by molar-refractivity contribution is 0.163. The molecule has 0 amide bonds. The zero-order chi connectivity index (χ0) is 13.0. The molecule has 1 atom stereocenters. The van der Waals surface area contributed by atoms with Crippen molar-refractivity contribution in [1.29, 1.82) is 0 Å². The quantitative estimate of drug-likeness (QED) is 0.810. The van der Waals surface area contributed by atoms with E-state index in [0.29, 0.717) is 6.54 Å². The van der Waals surface area contributed by atoms with Gasteiger partial charge in [-0.25, -0.2) is 4.98 Å². The third kappa shape index (κ3) is 2.68. The minimum atomic E-state index is -0.230. The number of aliphatic hydroxyl groups excluding tert-OH is 1. The number of nitrogens with zero attached hydrogens (tertiary/aromatic N) is 3. The molecule has 1 unspecified atom stereocenters. The van der Waals surface area contributed by atoms with Crippen LogP contribution >= 0.6 is 0 Å². The van der Waals surface area contributed by atoms with E-state index in [-0.39, 0.29) is 12.1 Å². The molecule has 0 aliphatic rings. The van der Waals surface area contributed by atoms with Gasteiger partial charge in [0.1, 0.15) is 0 Å². The number of aliphatic hydroxyl groups is 1. The molecule has 0 aliphatic carbocycles. The Morgan fingerprint density at radius 1 is 1.44 bits per heavy atom. The number of hydrogen-bond acceptors (Lipinski definition) is 4. The number of rotatable bonds is 6. The highest BCUT2D eigenvalue weighted by molar-refractivity contribution is 5.36. The molecule has 5 nitrogen and oxygen atoms in total. The fourth-order valence-corrected chi connectivity index (χ4v) is 2.10. The highest BCUT2D eigenvalue weighted by atomic mass is 16.3. The van der Waals surface area contributed by atoms with Gasteiger partial charge in [0.05, 0.1) is 24.7 Å². The SMILES string of the molecule is CCCC(C)(CO)NCc1cnc2cnccn12. The average Bonchev–Trinajstić information content (AvgIpc) is 2.80. The van der Waals surface area contributed by atoms with Crippen molar-refractivity contribution in [3.63, 3.8) is 0 Å². The molecular formula is C13H20N4O. The van der Waals surface area contributed by atoms with Crippen LogP contribution in [-0.2, 0) is 6.54 Å². The standard InChI is InChI=1S/C13H20N4O/c1-3-4-13(2,10-18)16-8-11-7-15-12-9-14-5-6-17(11)12/h5-7,9,16,18H,3-4,8,10H2,1-2H3. The first kappa shape index (κ1) is 13.0. The van der Waals surface area contributed by atoms with Crippen LogP contribution in [0.25, 0.3) is 5.65 Å². The lowest BCUT2D eigenvalue weighted by Gasteiger charge is -2.28. The van der Waals surface area contributed by atoms with Crippen LogP contribution in [0, 0.1) is 0 Å². The van der Waals surface area contributed by atoms with E-state index in [1.54, 1.807) is 12.4 Å². The molecule has 18 heavy (non-hydrogen) atoms. The molecule has 2 aromatic rings. The first-order chi connectivity index (χ1) is 8.68. The Labute approximate surface area is 107 Å². The first-order valence-electron chi connectivity index (χ1n) is 6.30. The maximum atomic E-state index is 9.46. The van der Waals surface area contributed by atoms with Gasteiger partial charge in [0.25, 0.3) is 0 Å². The Bertz CT molecular complexity index is 510. The Morgan fingerprint density at radius 3 is 3.00 bits per heavy atom. The maximum absolute atomic E-state index is 9.46. The summed E-state index contributed by atoms with van der Waals surface area (Å²) in [6.45, 7) is 4.98. The molecule has 2 aromatic heterocycles. The summed E-state index contributed by atoms with van der Waals surface area (Å²) < 4.78 is 2.00. The van der Waals surface area contributed by atoms with Gasteiger partial charge in [-0.3, -0.25) is 9.38 Å². The predicted molar refractivity (Wildman–Crippen MR) is 70.2 cm³/mol. The van der Waals surface area contributed by atoms with Crippen LogP contribution in [0.15, 0.2) is 24.8 Å². The third-order valence-corrected chi connectivity index (χ3v) is 3.24. The second-order valence-corrected chi connectivity index (χ2v) is 4.88. The molecule has 2 rings (SSSR count). The zero-order valence-electron chi connectivity index (χ0n) is 10.9. The van der Waals surface area contributed by atoms with Crippen molar-refractivity contribution in [1.82, 2.24) is 19.7 Å². The lowest BCUT2D eigenvalue weighted by Crippen LogP contribution is -2.45. The molecule has 0 aliphatic heterocycles. The molecule has 5 heteroatoms. The summed E-state index contributed by atoms with van der Waals surface area (Å²) in [5, 5.41) is 12.9. The topological polar surface area (TPSA) is 62.5 Å². The summed E-state index contributed by atoms with van der Waals surface area (Å²) in [4.78, 5) is 8.33. The Morgan fingerprint density at radius 2 is 2.28 bits per heavy atom. The van der Waals surface area contributed by atoms with Gasteiger partial charge < -0.3 is 10.4 Å². The fraction of sp³-hybridized carbons (Fsp3) is 0.538. The van der Waals surface area contributed by atoms with Gasteiger partial charge in [-0.15, -0.1) is 0 Å². The van der Waals surface area contributed by atoms with Gasteiger partial charge in [-0.2, -0.15) is 0 Å². The van der Waals surface area contributed by atoms with E-state index in [1.165, 1.54) is 0 Å². The molecule has 0 radical (unpaired) electrons. The second kappa shape index (κ2) is 5.46. The van der Waals surface area contributed by atoms with E-state index < -0.39 is 0 Å². The van der Waals surface area contributed by atoms with E-state index in [2.05, 4.69) is 22.2 Å². The van der Waals surface area contributed by atoms with E-state index in [9.17, 15) is 5.11 Å². The van der Waals surface area contributed by atoms with Gasteiger partial charge in [-0.1, -0.05) is 13.3 Å². The Hall–Kier alpha value is -1.46. The molecule has 0 spiro atoms. The van der Waals surface area contributed by atoms with E-state index in [0.717, 1.165) is 24.2 Å². The van der Waals surface area contributed by atoms with Crippen LogP contribution in [0.3, 0.4) is 0 Å². The highest BCUT2D eigenvalue weighted by Gasteiger charge is 2.21. The number of fused-ring (bicyclic) bond motifs is 1. The number of hydrogen-bond donors (Lipinski definition) is 2. The van der Waals surface area contributed by atoms with Crippen molar-refractivity contribution in [3.8, 4) is 0 Å². The zero-order valence-corrected chi connectivity index (χ0v) is 10.9. The summed E-state index contributed by atoms with van der Waals surface area (Å²) in [6, 6.07) is 0. The van der Waals surface area contributed by atoms with Gasteiger partial charge in [0, 0.05) is 24.5 Å². The van der Waals surface area contributed by atoms with Crippen molar-refractivity contribution < 1.29 is 5.11 Å². The van der Waals surface area contributed by atoms with Crippen molar-refractivity contribution in [3.05, 3.63) is 30.5 Å². The van der Waals surface area contributed by atoms with Crippen LogP contribution < -0.4 is 5.32 Å². The van der Waals surface area contributed by atoms with Crippen molar-refractivity contribution in [2.75, 3.05) is 6.61 Å². The largest absolute Gasteiger partial charge is 0.394 e. The first-order valence-corrected chi connectivity index (χ1v) is 6.30. The van der Waals surface area contributed by atoms with Gasteiger partial charge in [0.15, 0.2) is 5.65 Å².